The van der Waals surface area contributed by atoms with E-state index in [0.717, 1.165) is 15.7 Å². The smallest absolute Gasteiger partial charge is 0.259 e. The number of carbonyl (C=O) groups is 1. The summed E-state index contributed by atoms with van der Waals surface area (Å²) in [6.45, 7) is 1.86. The van der Waals surface area contributed by atoms with Gasteiger partial charge in [-0.3, -0.25) is 4.79 Å². The molecular weight excluding hydrogens is 320 g/mol. The van der Waals surface area contributed by atoms with Crippen molar-refractivity contribution in [1.29, 1.82) is 0 Å². The molecule has 0 unspecified atom stereocenters. The summed E-state index contributed by atoms with van der Waals surface area (Å²) in [5.74, 6) is 0.326. The summed E-state index contributed by atoms with van der Waals surface area (Å²) in [6, 6.07) is 7.76. The Morgan fingerprint density at radius 2 is 2.12 bits per heavy atom. The number of thiocarbonyl (C=S) groups is 1. The molecule has 6 heteroatoms. The van der Waals surface area contributed by atoms with Gasteiger partial charge in [0, 0.05) is 4.47 Å². The van der Waals surface area contributed by atoms with Crippen LogP contribution in [0.1, 0.15) is 12.5 Å². The van der Waals surface area contributed by atoms with Gasteiger partial charge in [0.25, 0.3) is 5.91 Å². The minimum Gasteiger partial charge on any atom is -0.272 e. The second-order valence-electron chi connectivity index (χ2n) is 3.45. The average Bonchev–Trinajstić information content (AvgIpc) is 2.61. The number of carbonyl (C=O) groups excluding carboxylic acids is 1. The predicted octanol–water partition coefficient (Wildman–Crippen LogP) is 3.03. The highest BCUT2D eigenvalue weighted by atomic mass is 79.9. The third-order valence-electron chi connectivity index (χ3n) is 2.24. The van der Waals surface area contributed by atoms with E-state index in [0.29, 0.717) is 10.1 Å². The number of hydrogen-bond acceptors (Lipinski definition) is 4. The van der Waals surface area contributed by atoms with Crippen LogP contribution in [0.5, 0.6) is 0 Å². The maximum atomic E-state index is 11.5. The van der Waals surface area contributed by atoms with Crippen LogP contribution in [0.2, 0.25) is 0 Å². The van der Waals surface area contributed by atoms with Crippen LogP contribution in [0.3, 0.4) is 0 Å². The number of hydrogen-bond donors (Lipinski definition) is 0. The van der Waals surface area contributed by atoms with Crippen molar-refractivity contribution in [2.75, 3.05) is 5.75 Å². The van der Waals surface area contributed by atoms with E-state index in [2.05, 4.69) is 21.0 Å². The topological polar surface area (TPSA) is 32.7 Å². The van der Waals surface area contributed by atoms with E-state index in [1.165, 1.54) is 16.8 Å². The van der Waals surface area contributed by atoms with Crippen LogP contribution in [-0.2, 0) is 4.79 Å². The van der Waals surface area contributed by atoms with Gasteiger partial charge in [-0.1, -0.05) is 52.0 Å². The molecule has 1 saturated heterocycles. The second kappa shape index (κ2) is 5.29. The average molecular weight is 329 g/mol. The van der Waals surface area contributed by atoms with Crippen molar-refractivity contribution < 1.29 is 4.79 Å². The first-order chi connectivity index (χ1) is 8.08. The highest BCUT2D eigenvalue weighted by molar-refractivity contribution is 9.10. The van der Waals surface area contributed by atoms with Gasteiger partial charge in [-0.2, -0.15) is 10.1 Å². The summed E-state index contributed by atoms with van der Waals surface area (Å²) in [5, 5.41) is 5.56. The summed E-state index contributed by atoms with van der Waals surface area (Å²) < 4.78 is 1.53. The summed E-state index contributed by atoms with van der Waals surface area (Å²) in [6.07, 6.45) is 0. The maximum Gasteiger partial charge on any atom is 0.259 e. The number of nitrogens with zero attached hydrogens (tertiary/aromatic N) is 2. The first-order valence-electron chi connectivity index (χ1n) is 4.89. The fourth-order valence-electron chi connectivity index (χ4n) is 1.34. The largest absolute Gasteiger partial charge is 0.272 e. The van der Waals surface area contributed by atoms with Crippen LogP contribution < -0.4 is 0 Å². The molecule has 1 fully saturated rings. The molecule has 0 saturated carbocycles. The van der Waals surface area contributed by atoms with Gasteiger partial charge in [-0.25, -0.2) is 0 Å². The minimum atomic E-state index is -0.0588. The molecular formula is C11H9BrN2OS2. The molecule has 1 aliphatic heterocycles. The van der Waals surface area contributed by atoms with E-state index in [1.54, 1.807) is 0 Å². The minimum absolute atomic E-state index is 0.0588. The van der Waals surface area contributed by atoms with E-state index >= 15 is 0 Å². The Kier molecular flexibility index (Phi) is 3.96. The Morgan fingerprint density at radius 1 is 1.47 bits per heavy atom. The third kappa shape index (κ3) is 2.94. The number of thioether (sulfide) groups is 1. The van der Waals surface area contributed by atoms with Gasteiger partial charge >= 0.3 is 0 Å². The SMILES string of the molecule is C/C(=N/N1C(=O)CSC1=S)c1ccc(Br)cc1. The molecule has 1 aliphatic rings. The highest BCUT2D eigenvalue weighted by Gasteiger charge is 2.26. The van der Waals surface area contributed by atoms with E-state index < -0.39 is 0 Å². The zero-order valence-corrected chi connectivity index (χ0v) is 12.2. The Bertz CT molecular complexity index is 483. The summed E-state index contributed by atoms with van der Waals surface area (Å²) in [5.41, 5.74) is 1.75. The molecule has 0 atom stereocenters. The molecule has 17 heavy (non-hydrogen) atoms. The molecule has 0 aromatic heterocycles. The lowest BCUT2D eigenvalue weighted by atomic mass is 10.1. The van der Waals surface area contributed by atoms with Gasteiger partial charge in [0.15, 0.2) is 4.32 Å². The fourth-order valence-corrected chi connectivity index (χ4v) is 2.56. The lowest BCUT2D eigenvalue weighted by molar-refractivity contribution is -0.124. The van der Waals surface area contributed by atoms with E-state index in [4.69, 9.17) is 12.2 Å². The molecule has 0 bridgehead atoms. The lowest BCUT2D eigenvalue weighted by Gasteiger charge is -2.09. The van der Waals surface area contributed by atoms with Crippen molar-refractivity contribution in [3.63, 3.8) is 0 Å². The predicted molar refractivity (Wildman–Crippen MR) is 78.3 cm³/mol. The molecule has 0 aliphatic carbocycles. The van der Waals surface area contributed by atoms with Crippen molar-refractivity contribution in [3.05, 3.63) is 34.3 Å². The van der Waals surface area contributed by atoms with Gasteiger partial charge in [0.05, 0.1) is 11.5 Å². The Morgan fingerprint density at radius 3 is 2.65 bits per heavy atom. The van der Waals surface area contributed by atoms with Crippen LogP contribution in [0.25, 0.3) is 0 Å². The number of hydrazone groups is 1. The van der Waals surface area contributed by atoms with Gasteiger partial charge in [-0.15, -0.1) is 0 Å². The van der Waals surface area contributed by atoms with Gasteiger partial charge in [0.2, 0.25) is 0 Å². The Hall–Kier alpha value is -0.720. The normalized spacial score (nSPS) is 16.8. The standard InChI is InChI=1S/C11H9BrN2OS2/c1-7(8-2-4-9(12)5-3-8)13-14-10(15)6-17-11(14)16/h2-5H,6H2,1H3/b13-7-. The van der Waals surface area contributed by atoms with E-state index in [9.17, 15) is 4.79 Å². The van der Waals surface area contributed by atoms with E-state index in [-0.39, 0.29) is 5.91 Å². The molecule has 0 radical (unpaired) electrons. The molecule has 1 heterocycles. The molecule has 3 nitrogen and oxygen atoms in total. The number of halogens is 1. The fraction of sp³-hybridized carbons (Fsp3) is 0.182. The van der Waals surface area contributed by atoms with Crippen LogP contribution >= 0.6 is 39.9 Å². The maximum absolute atomic E-state index is 11.5. The van der Waals surface area contributed by atoms with Crippen LogP contribution in [0.15, 0.2) is 33.8 Å². The lowest BCUT2D eigenvalue weighted by Crippen LogP contribution is -2.24. The third-order valence-corrected chi connectivity index (χ3v) is 4.11. The Labute approximate surface area is 117 Å². The monoisotopic (exact) mass is 328 g/mol. The second-order valence-corrected chi connectivity index (χ2v) is 5.98. The molecule has 2 rings (SSSR count). The molecule has 88 valence electrons. The molecule has 1 aromatic carbocycles. The van der Waals surface area contributed by atoms with E-state index in [1.807, 2.05) is 31.2 Å². The van der Waals surface area contributed by atoms with Crippen molar-refractivity contribution in [2.45, 2.75) is 6.92 Å². The summed E-state index contributed by atoms with van der Waals surface area (Å²) in [7, 11) is 0. The quantitative estimate of drug-likeness (QED) is 0.618. The van der Waals surface area contributed by atoms with Crippen LogP contribution in [0.4, 0.5) is 0 Å². The first-order valence-corrected chi connectivity index (χ1v) is 7.07. The zero-order chi connectivity index (χ0) is 12.4. The zero-order valence-electron chi connectivity index (χ0n) is 9.01. The molecule has 1 amide bonds. The molecule has 0 N–H and O–H groups in total. The Balaban J connectivity index is 2.24. The van der Waals surface area contributed by atoms with Gasteiger partial charge < -0.3 is 0 Å². The summed E-state index contributed by atoms with van der Waals surface area (Å²) in [4.78, 5) is 11.5. The number of amides is 1. The van der Waals surface area contributed by atoms with Crippen LogP contribution in [-0.4, -0.2) is 26.7 Å². The van der Waals surface area contributed by atoms with Crippen molar-refractivity contribution in [1.82, 2.24) is 5.01 Å². The summed E-state index contributed by atoms with van der Waals surface area (Å²) >= 11 is 9.78. The van der Waals surface area contributed by atoms with Crippen molar-refractivity contribution >= 4 is 55.8 Å². The van der Waals surface area contributed by atoms with Gasteiger partial charge in [0.1, 0.15) is 0 Å². The molecule has 1 aromatic rings. The van der Waals surface area contributed by atoms with Crippen molar-refractivity contribution in [2.24, 2.45) is 5.10 Å². The molecule has 0 spiro atoms. The number of benzene rings is 1. The van der Waals surface area contributed by atoms with Gasteiger partial charge in [-0.05, 0) is 24.6 Å². The number of rotatable bonds is 2. The van der Waals surface area contributed by atoms with Crippen LogP contribution in [0, 0.1) is 0 Å². The highest BCUT2D eigenvalue weighted by Crippen LogP contribution is 2.20. The first kappa shape index (κ1) is 12.7. The van der Waals surface area contributed by atoms with Crippen molar-refractivity contribution in [3.8, 4) is 0 Å².